The van der Waals surface area contributed by atoms with Crippen LogP contribution in [0.3, 0.4) is 0 Å². The van der Waals surface area contributed by atoms with E-state index >= 15 is 0 Å². The summed E-state index contributed by atoms with van der Waals surface area (Å²) < 4.78 is 5.05. The summed E-state index contributed by atoms with van der Waals surface area (Å²) in [6, 6.07) is 1.71. The van der Waals surface area contributed by atoms with Crippen LogP contribution in [0.5, 0.6) is 0 Å². The minimum absolute atomic E-state index is 0.0562. The van der Waals surface area contributed by atoms with Gasteiger partial charge in [0.05, 0.1) is 11.8 Å². The number of carbonyl (C=O) groups is 2. The van der Waals surface area contributed by atoms with Crippen LogP contribution in [0, 0.1) is 22.7 Å². The van der Waals surface area contributed by atoms with Crippen LogP contribution in [0.15, 0.2) is 23.0 Å². The first-order valence-corrected chi connectivity index (χ1v) is 8.94. The van der Waals surface area contributed by atoms with E-state index in [4.69, 9.17) is 4.42 Å². The standard InChI is InChI=1S/C20H28O4/c1-13-7-9-19(3)16(5-6-17(22)20(19,4)23)18(13,2)11-15(21)14-8-10-24-12-14/h8,10,12-13,16,23H,5-7,9,11H2,1-4H3/t13-,16?,18+,19-,20?/m0/s1. The zero-order chi connectivity index (χ0) is 17.8. The Kier molecular flexibility index (Phi) is 4.03. The molecule has 0 aliphatic heterocycles. The summed E-state index contributed by atoms with van der Waals surface area (Å²) in [7, 11) is 0. The first kappa shape index (κ1) is 17.4. The van der Waals surface area contributed by atoms with Gasteiger partial charge in [-0.15, -0.1) is 0 Å². The van der Waals surface area contributed by atoms with Gasteiger partial charge < -0.3 is 9.52 Å². The topological polar surface area (TPSA) is 67.5 Å². The van der Waals surface area contributed by atoms with Gasteiger partial charge in [0.15, 0.2) is 11.6 Å². The third-order valence-corrected chi connectivity index (χ3v) is 7.49. The maximum atomic E-state index is 12.7. The average molecular weight is 332 g/mol. The Morgan fingerprint density at radius 1 is 1.33 bits per heavy atom. The molecule has 132 valence electrons. The summed E-state index contributed by atoms with van der Waals surface area (Å²) in [6.45, 7) is 8.09. The molecule has 0 radical (unpaired) electrons. The highest BCUT2D eigenvalue weighted by Crippen LogP contribution is 2.63. The van der Waals surface area contributed by atoms with Crippen LogP contribution < -0.4 is 0 Å². The van der Waals surface area contributed by atoms with Crippen molar-refractivity contribution in [2.45, 2.75) is 65.4 Å². The number of hydrogen-bond donors (Lipinski definition) is 1. The molecule has 1 N–H and O–H groups in total. The smallest absolute Gasteiger partial charge is 0.166 e. The maximum absolute atomic E-state index is 12.7. The first-order chi connectivity index (χ1) is 11.1. The number of Topliss-reactive ketones (excluding diaryl/α,β-unsaturated/α-hetero) is 2. The molecular weight excluding hydrogens is 304 g/mol. The van der Waals surface area contributed by atoms with Gasteiger partial charge in [-0.2, -0.15) is 0 Å². The van der Waals surface area contributed by atoms with Gasteiger partial charge in [-0.3, -0.25) is 9.59 Å². The van der Waals surface area contributed by atoms with Gasteiger partial charge in [0.2, 0.25) is 0 Å². The van der Waals surface area contributed by atoms with Crippen molar-refractivity contribution in [1.29, 1.82) is 0 Å². The fourth-order valence-electron chi connectivity index (χ4n) is 5.33. The second-order valence-electron chi connectivity index (χ2n) is 8.56. The van der Waals surface area contributed by atoms with E-state index in [0.717, 1.165) is 19.3 Å². The fourth-order valence-corrected chi connectivity index (χ4v) is 5.33. The quantitative estimate of drug-likeness (QED) is 0.849. The third-order valence-electron chi connectivity index (χ3n) is 7.49. The van der Waals surface area contributed by atoms with Crippen molar-refractivity contribution in [1.82, 2.24) is 0 Å². The van der Waals surface area contributed by atoms with Crippen LogP contribution in [-0.4, -0.2) is 22.3 Å². The van der Waals surface area contributed by atoms with E-state index in [0.29, 0.717) is 24.3 Å². The number of rotatable bonds is 3. The Balaban J connectivity index is 1.96. The summed E-state index contributed by atoms with van der Waals surface area (Å²) in [6.07, 6.45) is 6.35. The van der Waals surface area contributed by atoms with E-state index in [-0.39, 0.29) is 22.9 Å². The molecular formula is C20H28O4. The second-order valence-corrected chi connectivity index (χ2v) is 8.56. The molecule has 0 spiro atoms. The van der Waals surface area contributed by atoms with Gasteiger partial charge in [0.1, 0.15) is 11.9 Å². The summed E-state index contributed by atoms with van der Waals surface area (Å²) in [5, 5.41) is 11.0. The van der Waals surface area contributed by atoms with Crippen molar-refractivity contribution in [3.63, 3.8) is 0 Å². The van der Waals surface area contributed by atoms with Crippen LogP contribution in [0.2, 0.25) is 0 Å². The third kappa shape index (κ3) is 2.30. The lowest BCUT2D eigenvalue weighted by molar-refractivity contribution is -0.193. The van der Waals surface area contributed by atoms with Crippen molar-refractivity contribution in [2.75, 3.05) is 0 Å². The lowest BCUT2D eigenvalue weighted by Gasteiger charge is -2.61. The Morgan fingerprint density at radius 3 is 2.67 bits per heavy atom. The molecule has 1 aromatic heterocycles. The molecule has 2 fully saturated rings. The Bertz CT molecular complexity index is 645. The molecule has 24 heavy (non-hydrogen) atoms. The first-order valence-electron chi connectivity index (χ1n) is 8.94. The Labute approximate surface area is 143 Å². The molecule has 4 nitrogen and oxygen atoms in total. The van der Waals surface area contributed by atoms with Crippen LogP contribution in [0.1, 0.15) is 70.2 Å². The number of ketones is 2. The van der Waals surface area contributed by atoms with Crippen molar-refractivity contribution >= 4 is 11.6 Å². The van der Waals surface area contributed by atoms with Gasteiger partial charge in [0, 0.05) is 18.3 Å². The normalized spacial score (nSPS) is 42.6. The zero-order valence-electron chi connectivity index (χ0n) is 15.1. The van der Waals surface area contributed by atoms with Crippen LogP contribution in [0.4, 0.5) is 0 Å². The highest BCUT2D eigenvalue weighted by atomic mass is 16.3. The molecule has 4 heteroatoms. The molecule has 0 saturated heterocycles. The number of furan rings is 1. The number of hydrogen-bond acceptors (Lipinski definition) is 4. The van der Waals surface area contributed by atoms with Crippen molar-refractivity contribution < 1.29 is 19.1 Å². The minimum Gasteiger partial charge on any atom is -0.472 e. The van der Waals surface area contributed by atoms with Crippen molar-refractivity contribution in [2.24, 2.45) is 22.7 Å². The lowest BCUT2D eigenvalue weighted by Crippen LogP contribution is -2.63. The van der Waals surface area contributed by atoms with Gasteiger partial charge in [0.25, 0.3) is 0 Å². The predicted octanol–water partition coefficient (Wildman–Crippen LogP) is 4.03. The summed E-state index contributed by atoms with van der Waals surface area (Å²) >= 11 is 0. The summed E-state index contributed by atoms with van der Waals surface area (Å²) in [5.41, 5.74) is -1.41. The van der Waals surface area contributed by atoms with E-state index in [1.54, 1.807) is 13.0 Å². The van der Waals surface area contributed by atoms with Crippen molar-refractivity contribution in [3.05, 3.63) is 24.2 Å². The van der Waals surface area contributed by atoms with Gasteiger partial charge in [-0.25, -0.2) is 0 Å². The predicted molar refractivity (Wildman–Crippen MR) is 90.6 cm³/mol. The molecule has 1 aromatic rings. The molecule has 5 atom stereocenters. The van der Waals surface area contributed by atoms with E-state index in [1.165, 1.54) is 12.5 Å². The van der Waals surface area contributed by atoms with E-state index in [1.807, 2.05) is 6.92 Å². The number of aliphatic hydroxyl groups is 1. The molecule has 2 aliphatic carbocycles. The monoisotopic (exact) mass is 332 g/mol. The van der Waals surface area contributed by atoms with Crippen molar-refractivity contribution in [3.8, 4) is 0 Å². The number of carbonyl (C=O) groups excluding carboxylic acids is 2. The van der Waals surface area contributed by atoms with Gasteiger partial charge in [-0.05, 0) is 49.5 Å². The van der Waals surface area contributed by atoms with Crippen LogP contribution in [0.25, 0.3) is 0 Å². The summed E-state index contributed by atoms with van der Waals surface area (Å²) in [4.78, 5) is 25.1. The molecule has 0 aromatic carbocycles. The molecule has 0 amide bonds. The second kappa shape index (κ2) is 5.55. The molecule has 1 heterocycles. The van der Waals surface area contributed by atoms with E-state index < -0.39 is 11.0 Å². The fraction of sp³-hybridized carbons (Fsp3) is 0.700. The van der Waals surface area contributed by atoms with Crippen LogP contribution >= 0.6 is 0 Å². The minimum atomic E-state index is -1.31. The van der Waals surface area contributed by atoms with Crippen LogP contribution in [-0.2, 0) is 4.79 Å². The van der Waals surface area contributed by atoms with Gasteiger partial charge >= 0.3 is 0 Å². The average Bonchev–Trinajstić information content (AvgIpc) is 3.04. The number of fused-ring (bicyclic) bond motifs is 1. The highest BCUT2D eigenvalue weighted by molar-refractivity contribution is 5.96. The Morgan fingerprint density at radius 2 is 2.04 bits per heavy atom. The zero-order valence-corrected chi connectivity index (χ0v) is 15.1. The van der Waals surface area contributed by atoms with Gasteiger partial charge in [-0.1, -0.05) is 20.8 Å². The van der Waals surface area contributed by atoms with E-state index in [2.05, 4.69) is 13.8 Å². The molecule has 0 bridgehead atoms. The maximum Gasteiger partial charge on any atom is 0.166 e. The molecule has 3 rings (SSSR count). The molecule has 2 aliphatic rings. The molecule has 2 saturated carbocycles. The summed E-state index contributed by atoms with van der Waals surface area (Å²) in [5.74, 6) is 0.547. The SMILES string of the molecule is C[C@H]1CC[C@@]2(C)C(CCC(=O)C2(C)O)[C@]1(C)CC(=O)c1ccoc1. The highest BCUT2D eigenvalue weighted by Gasteiger charge is 2.63. The Hall–Kier alpha value is -1.42. The lowest BCUT2D eigenvalue weighted by atomic mass is 9.43. The largest absolute Gasteiger partial charge is 0.472 e. The molecule has 2 unspecified atom stereocenters. The van der Waals surface area contributed by atoms with E-state index in [9.17, 15) is 14.7 Å².